The van der Waals surface area contributed by atoms with Gasteiger partial charge < -0.3 is 14.0 Å². The Labute approximate surface area is 117 Å². The summed E-state index contributed by atoms with van der Waals surface area (Å²) in [4.78, 5) is 0. The number of benzene rings is 1. The van der Waals surface area contributed by atoms with Gasteiger partial charge in [0, 0.05) is 11.6 Å². The van der Waals surface area contributed by atoms with E-state index >= 15 is 0 Å². The van der Waals surface area contributed by atoms with Crippen molar-refractivity contribution in [1.29, 1.82) is 0 Å². The topological polar surface area (TPSA) is 44.5 Å². The van der Waals surface area contributed by atoms with E-state index in [4.69, 9.17) is 25.6 Å². The molecule has 1 aromatic carbocycles. The van der Waals surface area contributed by atoms with Crippen LogP contribution in [0.25, 0.3) is 11.3 Å². The maximum Gasteiger partial charge on any atom is 0.179 e. The molecule has 1 aliphatic rings. The molecule has 0 saturated heterocycles. The summed E-state index contributed by atoms with van der Waals surface area (Å²) in [6.45, 7) is 1.04. The minimum Gasteiger partial charge on any atom is -0.486 e. The predicted octanol–water partition coefficient (Wildman–Crippen LogP) is 3.66. The Morgan fingerprint density at radius 3 is 2.83 bits per heavy atom. The van der Waals surface area contributed by atoms with Crippen molar-refractivity contribution < 1.29 is 14.0 Å². The summed E-state index contributed by atoms with van der Waals surface area (Å²) in [7, 11) is 0. The third-order valence-electron chi connectivity index (χ3n) is 2.58. The normalized spacial score (nSPS) is 13.7. The Bertz CT molecular complexity index is 585. The van der Waals surface area contributed by atoms with Crippen LogP contribution in [0.4, 0.5) is 0 Å². The fraction of sp³-hybridized carbons (Fsp3) is 0.250. The molecule has 94 valence electrons. The number of fused-ring (bicyclic) bond motifs is 1. The minimum absolute atomic E-state index is 0.518. The maximum absolute atomic E-state index is 6.17. The van der Waals surface area contributed by atoms with Crippen LogP contribution in [0, 0.1) is 0 Å². The second kappa shape index (κ2) is 4.82. The third-order valence-corrected chi connectivity index (χ3v) is 3.42. The first-order chi connectivity index (χ1) is 8.78. The van der Waals surface area contributed by atoms with Crippen LogP contribution in [0.2, 0.25) is 5.02 Å². The summed E-state index contributed by atoms with van der Waals surface area (Å²) in [6, 6.07) is 5.51. The Kier molecular flexibility index (Phi) is 3.18. The molecule has 0 atom stereocenters. The Morgan fingerprint density at radius 2 is 2.06 bits per heavy atom. The van der Waals surface area contributed by atoms with Gasteiger partial charge in [-0.1, -0.05) is 32.7 Å². The standard InChI is InChI=1S/C12H9BrClNO3/c13-6-8-5-10(15-18-8)7-3-9(14)12-11(4-7)16-1-2-17-12/h3-5H,1-2,6H2. The van der Waals surface area contributed by atoms with Crippen molar-refractivity contribution in [2.24, 2.45) is 0 Å². The molecule has 0 fully saturated rings. The third kappa shape index (κ3) is 2.08. The molecule has 6 heteroatoms. The minimum atomic E-state index is 0.518. The molecule has 2 aromatic rings. The summed E-state index contributed by atoms with van der Waals surface area (Å²) in [6.07, 6.45) is 0. The smallest absolute Gasteiger partial charge is 0.179 e. The number of nitrogens with zero attached hydrogens (tertiary/aromatic N) is 1. The summed E-state index contributed by atoms with van der Waals surface area (Å²) < 4.78 is 16.1. The van der Waals surface area contributed by atoms with Gasteiger partial charge in [-0.3, -0.25) is 0 Å². The summed E-state index contributed by atoms with van der Waals surface area (Å²) in [5, 5.41) is 5.13. The van der Waals surface area contributed by atoms with E-state index in [1.54, 1.807) is 6.07 Å². The molecule has 0 spiro atoms. The fourth-order valence-corrected chi connectivity index (χ4v) is 2.30. The van der Waals surface area contributed by atoms with Crippen molar-refractivity contribution in [3.63, 3.8) is 0 Å². The molecule has 0 amide bonds. The van der Waals surface area contributed by atoms with Crippen molar-refractivity contribution >= 4 is 27.5 Å². The summed E-state index contributed by atoms with van der Waals surface area (Å²) in [5.74, 6) is 2.00. The van der Waals surface area contributed by atoms with Crippen LogP contribution in [0.3, 0.4) is 0 Å². The van der Waals surface area contributed by atoms with Crippen molar-refractivity contribution in [2.75, 3.05) is 13.2 Å². The summed E-state index contributed by atoms with van der Waals surface area (Å²) >= 11 is 9.48. The van der Waals surface area contributed by atoms with Gasteiger partial charge in [0.25, 0.3) is 0 Å². The van der Waals surface area contributed by atoms with Crippen molar-refractivity contribution in [2.45, 2.75) is 5.33 Å². The van der Waals surface area contributed by atoms with E-state index in [2.05, 4.69) is 21.1 Å². The van der Waals surface area contributed by atoms with E-state index in [9.17, 15) is 0 Å². The molecule has 1 aromatic heterocycles. The largest absolute Gasteiger partial charge is 0.486 e. The molecule has 4 nitrogen and oxygen atoms in total. The number of ether oxygens (including phenoxy) is 2. The van der Waals surface area contributed by atoms with E-state index in [1.807, 2.05) is 12.1 Å². The van der Waals surface area contributed by atoms with Gasteiger partial charge in [0.2, 0.25) is 0 Å². The molecule has 0 unspecified atom stereocenters. The molecule has 0 radical (unpaired) electrons. The lowest BCUT2D eigenvalue weighted by atomic mass is 10.1. The van der Waals surface area contributed by atoms with Gasteiger partial charge in [0.15, 0.2) is 11.5 Å². The van der Waals surface area contributed by atoms with Gasteiger partial charge >= 0.3 is 0 Å². The SMILES string of the molecule is Clc1cc(-c2cc(CBr)on2)cc2c1OCCO2. The van der Waals surface area contributed by atoms with Crippen LogP contribution in [0.15, 0.2) is 22.7 Å². The zero-order chi connectivity index (χ0) is 12.5. The van der Waals surface area contributed by atoms with Crippen LogP contribution in [-0.4, -0.2) is 18.4 Å². The van der Waals surface area contributed by atoms with Gasteiger partial charge in [0.1, 0.15) is 24.7 Å². The lowest BCUT2D eigenvalue weighted by Gasteiger charge is -2.19. The number of hydrogen-bond acceptors (Lipinski definition) is 4. The molecular weight excluding hydrogens is 321 g/mol. The van der Waals surface area contributed by atoms with Gasteiger partial charge in [-0.05, 0) is 12.1 Å². The van der Waals surface area contributed by atoms with E-state index in [1.165, 1.54) is 0 Å². The number of aromatic nitrogens is 1. The molecule has 3 rings (SSSR count). The first-order valence-corrected chi connectivity index (χ1v) is 6.89. The highest BCUT2D eigenvalue weighted by molar-refractivity contribution is 9.08. The van der Waals surface area contributed by atoms with Crippen molar-refractivity contribution in [1.82, 2.24) is 5.16 Å². The monoisotopic (exact) mass is 329 g/mol. The second-order valence-electron chi connectivity index (χ2n) is 3.79. The molecule has 0 bridgehead atoms. The van der Waals surface area contributed by atoms with Gasteiger partial charge in [-0.25, -0.2) is 0 Å². The van der Waals surface area contributed by atoms with E-state index in [0.29, 0.717) is 35.1 Å². The second-order valence-corrected chi connectivity index (χ2v) is 4.76. The number of halogens is 2. The van der Waals surface area contributed by atoms with E-state index in [0.717, 1.165) is 17.0 Å². The van der Waals surface area contributed by atoms with Crippen LogP contribution < -0.4 is 9.47 Å². The Hall–Kier alpha value is -1.20. The zero-order valence-electron chi connectivity index (χ0n) is 9.28. The van der Waals surface area contributed by atoms with Gasteiger partial charge in [-0.2, -0.15) is 0 Å². The highest BCUT2D eigenvalue weighted by atomic mass is 79.9. The first-order valence-electron chi connectivity index (χ1n) is 5.39. The molecule has 0 aliphatic carbocycles. The van der Waals surface area contributed by atoms with Crippen LogP contribution in [-0.2, 0) is 5.33 Å². The zero-order valence-corrected chi connectivity index (χ0v) is 11.6. The van der Waals surface area contributed by atoms with E-state index < -0.39 is 0 Å². The average molecular weight is 331 g/mol. The average Bonchev–Trinajstić information content (AvgIpc) is 2.87. The quantitative estimate of drug-likeness (QED) is 0.788. The Morgan fingerprint density at radius 1 is 1.22 bits per heavy atom. The first kappa shape index (κ1) is 11.9. The lowest BCUT2D eigenvalue weighted by Crippen LogP contribution is -2.15. The molecule has 0 saturated carbocycles. The van der Waals surface area contributed by atoms with Gasteiger partial charge in [0.05, 0.1) is 10.4 Å². The van der Waals surface area contributed by atoms with Crippen LogP contribution in [0.1, 0.15) is 5.76 Å². The van der Waals surface area contributed by atoms with Crippen LogP contribution >= 0.6 is 27.5 Å². The van der Waals surface area contributed by atoms with Crippen molar-refractivity contribution in [3.05, 3.63) is 29.0 Å². The highest BCUT2D eigenvalue weighted by Crippen LogP contribution is 2.40. The Balaban J connectivity index is 2.04. The molecular formula is C12H9BrClNO3. The highest BCUT2D eigenvalue weighted by Gasteiger charge is 2.18. The molecule has 0 N–H and O–H groups in total. The number of alkyl halides is 1. The van der Waals surface area contributed by atoms with Crippen molar-refractivity contribution in [3.8, 4) is 22.8 Å². The van der Waals surface area contributed by atoms with Gasteiger partial charge in [-0.15, -0.1) is 0 Å². The molecule has 1 aliphatic heterocycles. The molecule has 18 heavy (non-hydrogen) atoms. The molecule has 2 heterocycles. The van der Waals surface area contributed by atoms with E-state index in [-0.39, 0.29) is 0 Å². The fourth-order valence-electron chi connectivity index (χ4n) is 1.77. The lowest BCUT2D eigenvalue weighted by molar-refractivity contribution is 0.172. The number of rotatable bonds is 2. The summed E-state index contributed by atoms with van der Waals surface area (Å²) in [5.41, 5.74) is 1.57. The number of hydrogen-bond donors (Lipinski definition) is 0. The predicted molar refractivity (Wildman–Crippen MR) is 70.6 cm³/mol. The van der Waals surface area contributed by atoms with Crippen LogP contribution in [0.5, 0.6) is 11.5 Å². The maximum atomic E-state index is 6.17.